The highest BCUT2D eigenvalue weighted by Crippen LogP contribution is 2.37. The van der Waals surface area contributed by atoms with Crippen LogP contribution < -0.4 is 0 Å². The van der Waals surface area contributed by atoms with E-state index in [1.807, 2.05) is 65.8 Å². The van der Waals surface area contributed by atoms with Crippen LogP contribution in [-0.2, 0) is 52.5 Å². The fourth-order valence-electron chi connectivity index (χ4n) is 10.5. The van der Waals surface area contributed by atoms with E-state index >= 15 is 0 Å². The molecule has 416 valence electrons. The van der Waals surface area contributed by atoms with Crippen molar-refractivity contribution >= 4 is 35.5 Å². The number of allylic oxidation sites excluding steroid dienone is 2. The number of aldehydes is 1. The predicted molar refractivity (Wildman–Crippen MR) is 287 cm³/mol. The molecule has 0 radical (unpaired) electrons. The van der Waals surface area contributed by atoms with Gasteiger partial charge in [-0.2, -0.15) is 0 Å². The van der Waals surface area contributed by atoms with Gasteiger partial charge in [0.2, 0.25) is 0 Å². The van der Waals surface area contributed by atoms with Crippen LogP contribution in [0.25, 0.3) is 0 Å². The molecule has 74 heavy (non-hydrogen) atoms. The third-order valence-electron chi connectivity index (χ3n) is 15.8. The number of esters is 1. The van der Waals surface area contributed by atoms with E-state index < -0.39 is 53.5 Å². The molecule has 2 saturated heterocycles. The van der Waals surface area contributed by atoms with Crippen molar-refractivity contribution in [3.8, 4) is 0 Å². The average molecular weight is 1040 g/mol. The maximum atomic E-state index is 14.1. The Morgan fingerprint density at radius 3 is 2.08 bits per heavy atom. The standard InChI is InChI=1S/C45H67NO10.C7H14O2.C7H8.CH4O/c1-27(2)39-24-35(48)17-14-29(4)33(8)41(53-9)40(49)31(6)23-30(5)34-16-20-37(54-25-34)22-28(3)13-18-36-19-15-32(7)45(26-47,56-36)42(50)43(51)46-21-11-10-12-38(46)44(52)55-39;1-9-7-5-3-2-4-6(7)8;1-7-5-3-2-4-6-7;1-2/h14,16,20,22,26-27,30-34,36-39,41H,10-13,15,17-19,21,23-25H2,1-9H3;6-8H,2-5H2,1H3;2-6H,1H3;2H,1H3/b28-22+,29-14+;;;/t30-,31+,32+,33+,34+,36+,37?,38-,39-,41+,45+;6-,7-;;/m01../s1. The Labute approximate surface area is 443 Å². The maximum Gasteiger partial charge on any atom is 0.329 e. The van der Waals surface area contributed by atoms with Gasteiger partial charge in [0.15, 0.2) is 17.7 Å². The number of Topliss-reactive ketones (excluding diaryl/α,β-unsaturated/α-hetero) is 3. The number of ketones is 3. The molecule has 6 aliphatic rings. The summed E-state index contributed by atoms with van der Waals surface area (Å²) in [5.41, 5.74) is 1.31. The van der Waals surface area contributed by atoms with Gasteiger partial charge < -0.3 is 38.8 Å². The molecule has 3 fully saturated rings. The topological polar surface area (TPSA) is 192 Å². The zero-order chi connectivity index (χ0) is 55.1. The molecule has 1 aliphatic carbocycles. The molecule has 7 rings (SSSR count). The molecule has 14 heteroatoms. The molecular formula is C60H93NO13. The van der Waals surface area contributed by atoms with Crippen molar-refractivity contribution < 1.29 is 62.7 Å². The van der Waals surface area contributed by atoms with Gasteiger partial charge in [-0.3, -0.25) is 24.0 Å². The van der Waals surface area contributed by atoms with Crippen molar-refractivity contribution in [2.45, 2.75) is 200 Å². The first kappa shape index (κ1) is 64.1. The molecule has 1 unspecified atom stereocenters. The van der Waals surface area contributed by atoms with Crippen molar-refractivity contribution in [2.24, 2.45) is 35.5 Å². The van der Waals surface area contributed by atoms with Crippen LogP contribution in [0.3, 0.4) is 0 Å². The van der Waals surface area contributed by atoms with Crippen LogP contribution in [-0.4, -0.2) is 133 Å². The number of hydrogen-bond donors (Lipinski definition) is 2. The molecule has 1 aromatic rings. The maximum absolute atomic E-state index is 14.1. The largest absolute Gasteiger partial charge is 0.460 e. The van der Waals surface area contributed by atoms with Crippen molar-refractivity contribution in [1.29, 1.82) is 0 Å². The smallest absolute Gasteiger partial charge is 0.329 e. The second kappa shape index (κ2) is 32.4. The summed E-state index contributed by atoms with van der Waals surface area (Å²) >= 11 is 0. The lowest BCUT2D eigenvalue weighted by Crippen LogP contribution is -2.61. The number of benzene rings is 1. The number of hydrogen-bond acceptors (Lipinski definition) is 13. The lowest BCUT2D eigenvalue weighted by atomic mass is 9.78. The Kier molecular flexibility index (Phi) is 28.1. The van der Waals surface area contributed by atoms with Gasteiger partial charge in [0, 0.05) is 58.5 Å². The minimum Gasteiger partial charge on any atom is -0.460 e. The van der Waals surface area contributed by atoms with Gasteiger partial charge in [-0.05, 0) is 103 Å². The molecular weight excluding hydrogens is 943 g/mol. The molecule has 5 heterocycles. The van der Waals surface area contributed by atoms with Crippen LogP contribution in [0.4, 0.5) is 0 Å². The summed E-state index contributed by atoms with van der Waals surface area (Å²) in [6.45, 7) is 18.2. The first-order valence-corrected chi connectivity index (χ1v) is 27.4. The fraction of sp³-hybridized carbons (Fsp3) is 0.700. The number of aryl methyl sites for hydroxylation is 1. The Morgan fingerprint density at radius 1 is 0.838 bits per heavy atom. The van der Waals surface area contributed by atoms with Crippen molar-refractivity contribution in [2.75, 3.05) is 34.5 Å². The second-order valence-corrected chi connectivity index (χ2v) is 21.7. The molecule has 1 aromatic carbocycles. The van der Waals surface area contributed by atoms with Crippen molar-refractivity contribution in [3.63, 3.8) is 0 Å². The number of aliphatic hydroxyl groups is 2. The van der Waals surface area contributed by atoms with E-state index in [0.717, 1.165) is 37.5 Å². The average Bonchev–Trinajstić information content (AvgIpc) is 3.40. The molecule has 5 aliphatic heterocycles. The van der Waals surface area contributed by atoms with Gasteiger partial charge in [0.1, 0.15) is 24.0 Å². The Balaban J connectivity index is 0.000000672. The summed E-state index contributed by atoms with van der Waals surface area (Å²) in [6, 6.07) is 9.24. The predicted octanol–water partition coefficient (Wildman–Crippen LogP) is 9.29. The summed E-state index contributed by atoms with van der Waals surface area (Å²) in [5.74, 6) is -3.55. The third kappa shape index (κ3) is 18.8. The fourth-order valence-corrected chi connectivity index (χ4v) is 10.5. The van der Waals surface area contributed by atoms with Crippen molar-refractivity contribution in [1.82, 2.24) is 4.90 Å². The number of aliphatic hydroxyl groups excluding tert-OH is 2. The van der Waals surface area contributed by atoms with Crippen LogP contribution in [0, 0.1) is 42.4 Å². The van der Waals surface area contributed by atoms with Gasteiger partial charge >= 0.3 is 5.97 Å². The zero-order valence-corrected chi connectivity index (χ0v) is 46.9. The first-order valence-electron chi connectivity index (χ1n) is 27.4. The van der Waals surface area contributed by atoms with Crippen LogP contribution in [0.2, 0.25) is 0 Å². The SMILES string of the molecule is CO.CO[C@@H]1CCCC[C@H]1O.CO[C@H]1C(=O)[C@H](C)C[C@H](C)[C@@H]2C=CC(/C=C(\C)CC[C@@H]3CC[C@@H](C)[C@@](C=O)(O3)C(=O)C(=O)N3CCCC[C@H]3C(=O)O[C@H](C(C)C)CC(=O)C/C=C(\C)[C@H]1C)OC2.Cc1ccccc1. The molecule has 1 amide bonds. The van der Waals surface area contributed by atoms with E-state index in [1.165, 1.54) is 16.9 Å². The highest BCUT2D eigenvalue weighted by molar-refractivity contribution is 6.42. The lowest BCUT2D eigenvalue weighted by Gasteiger charge is -2.42. The normalized spacial score (nSPS) is 34.6. The van der Waals surface area contributed by atoms with Crippen LogP contribution in [0.1, 0.15) is 151 Å². The van der Waals surface area contributed by atoms with Crippen LogP contribution >= 0.6 is 0 Å². The number of fused-ring (bicyclic) bond motifs is 16. The summed E-state index contributed by atoms with van der Waals surface area (Å²) in [7, 11) is 4.21. The number of amides is 1. The Bertz CT molecular complexity index is 2010. The van der Waals surface area contributed by atoms with Gasteiger partial charge in [0.05, 0.1) is 31.0 Å². The molecule has 13 atom stereocenters. The minimum atomic E-state index is -1.95. The Morgan fingerprint density at radius 2 is 1.51 bits per heavy atom. The number of rotatable bonds is 4. The van der Waals surface area contributed by atoms with Crippen LogP contribution in [0.15, 0.2) is 65.8 Å². The number of piperidine rings is 1. The van der Waals surface area contributed by atoms with E-state index in [1.54, 1.807) is 21.1 Å². The molecule has 0 aromatic heterocycles. The molecule has 4 bridgehead atoms. The van der Waals surface area contributed by atoms with Crippen LogP contribution in [0.5, 0.6) is 0 Å². The summed E-state index contributed by atoms with van der Waals surface area (Å²) in [6.07, 6.45) is 15.4. The van der Waals surface area contributed by atoms with E-state index in [2.05, 4.69) is 44.2 Å². The van der Waals surface area contributed by atoms with E-state index in [-0.39, 0.29) is 78.9 Å². The minimum absolute atomic E-state index is 0.0255. The number of carbonyl (C=O) groups excluding carboxylic acids is 6. The van der Waals surface area contributed by atoms with E-state index in [0.29, 0.717) is 64.3 Å². The number of ether oxygens (including phenoxy) is 5. The highest BCUT2D eigenvalue weighted by Gasteiger charge is 2.54. The first-order chi connectivity index (χ1) is 35.3. The van der Waals surface area contributed by atoms with Gasteiger partial charge in [-0.15, -0.1) is 0 Å². The number of methoxy groups -OCH3 is 2. The van der Waals surface area contributed by atoms with Gasteiger partial charge in [-0.25, -0.2) is 4.79 Å². The van der Waals surface area contributed by atoms with E-state index in [9.17, 15) is 33.9 Å². The second-order valence-electron chi connectivity index (χ2n) is 21.7. The molecule has 14 nitrogen and oxygen atoms in total. The van der Waals surface area contributed by atoms with Gasteiger partial charge in [0.25, 0.3) is 11.7 Å². The molecule has 2 N–H and O–H groups in total. The van der Waals surface area contributed by atoms with Crippen molar-refractivity contribution in [3.05, 3.63) is 71.3 Å². The third-order valence-corrected chi connectivity index (χ3v) is 15.8. The zero-order valence-electron chi connectivity index (χ0n) is 46.9. The summed E-state index contributed by atoms with van der Waals surface area (Å²) < 4.78 is 29.3. The summed E-state index contributed by atoms with van der Waals surface area (Å²) in [5, 5.41) is 16.2. The highest BCUT2D eigenvalue weighted by atomic mass is 16.5. The lowest BCUT2D eigenvalue weighted by molar-refractivity contribution is -0.184. The quantitative estimate of drug-likeness (QED) is 0.0954. The van der Waals surface area contributed by atoms with Gasteiger partial charge in [-0.1, -0.05) is 126 Å². The monoisotopic (exact) mass is 1040 g/mol. The Hall–Kier alpha value is -4.18. The van der Waals surface area contributed by atoms with E-state index in [4.69, 9.17) is 28.8 Å². The summed E-state index contributed by atoms with van der Waals surface area (Å²) in [4.78, 5) is 83.0. The number of nitrogens with zero attached hydrogens (tertiary/aromatic N) is 1. The molecule has 0 spiro atoms. The number of carbonyl (C=O) groups is 6. The molecule has 1 saturated carbocycles.